The highest BCUT2D eigenvalue weighted by atomic mass is 28.3. The van der Waals surface area contributed by atoms with Crippen molar-refractivity contribution in [2.45, 2.75) is 135 Å². The second kappa shape index (κ2) is 18.4. The molecule has 0 heterocycles. The van der Waals surface area contributed by atoms with Gasteiger partial charge in [-0.25, -0.2) is 0 Å². The van der Waals surface area contributed by atoms with E-state index in [1.807, 2.05) is 0 Å². The van der Waals surface area contributed by atoms with Gasteiger partial charge in [0, 0.05) is 0 Å². The van der Waals surface area contributed by atoms with Gasteiger partial charge in [-0.05, 0) is 30.0 Å². The third-order valence-corrected chi connectivity index (χ3v) is 13.7. The van der Waals surface area contributed by atoms with Crippen molar-refractivity contribution in [1.82, 2.24) is 0 Å². The van der Waals surface area contributed by atoms with Crippen LogP contribution in [0.15, 0.2) is 83.6 Å². The van der Waals surface area contributed by atoms with E-state index in [0.29, 0.717) is 0 Å². The first-order valence-electron chi connectivity index (χ1n) is 16.2. The number of hydrogen-bond acceptors (Lipinski definition) is 0. The largest absolute Gasteiger partial charge is 0.111 e. The molecule has 0 saturated carbocycles. The molecule has 0 saturated heterocycles. The van der Waals surface area contributed by atoms with Gasteiger partial charge in [0.25, 0.3) is 0 Å². The molecule has 0 radical (unpaired) electrons. The van der Waals surface area contributed by atoms with Gasteiger partial charge in [0.15, 0.2) is 0 Å². The van der Waals surface area contributed by atoms with Gasteiger partial charge in [0.1, 0.15) is 8.07 Å². The molecule has 3 rings (SSSR count). The van der Waals surface area contributed by atoms with Crippen LogP contribution in [0.2, 0.25) is 12.6 Å². The van der Waals surface area contributed by atoms with E-state index in [0.717, 1.165) is 6.42 Å². The van der Waals surface area contributed by atoms with Crippen LogP contribution in [0.5, 0.6) is 0 Å². The monoisotopic (exact) mass is 528 g/mol. The maximum atomic E-state index is 2.65. The minimum absolute atomic E-state index is 1.08. The predicted molar refractivity (Wildman–Crippen MR) is 173 cm³/mol. The van der Waals surface area contributed by atoms with Crippen LogP contribution in [0.25, 0.3) is 0 Å². The molecule has 0 spiro atoms. The maximum Gasteiger partial charge on any atom is 0.111 e. The average Bonchev–Trinajstić information content (AvgIpc) is 3.42. The van der Waals surface area contributed by atoms with Crippen molar-refractivity contribution in [3.8, 4) is 0 Å². The normalized spacial score (nSPS) is 14.8. The summed E-state index contributed by atoms with van der Waals surface area (Å²) >= 11 is 0. The van der Waals surface area contributed by atoms with E-state index in [4.69, 9.17) is 0 Å². The molecule has 38 heavy (non-hydrogen) atoms. The summed E-state index contributed by atoms with van der Waals surface area (Å²) in [6.45, 7) is 4.96. The number of unbranched alkanes of at least 4 members (excludes halogenated alkanes) is 15. The van der Waals surface area contributed by atoms with Gasteiger partial charge >= 0.3 is 0 Å². The highest BCUT2D eigenvalue weighted by molar-refractivity contribution is 6.96. The third-order valence-electron chi connectivity index (χ3n) is 8.87. The Morgan fingerprint density at radius 3 is 1.58 bits per heavy atom. The van der Waals surface area contributed by atoms with Crippen molar-refractivity contribution in [2.24, 2.45) is 0 Å². The first-order chi connectivity index (χ1) is 18.7. The molecule has 1 atom stereocenters. The number of benzene rings is 2. The molecule has 1 aliphatic rings. The molecule has 2 aromatic rings. The summed E-state index contributed by atoms with van der Waals surface area (Å²) in [5.74, 6) is 0. The molecular formula is C37H56Si. The Morgan fingerprint density at radius 2 is 1.05 bits per heavy atom. The lowest BCUT2D eigenvalue weighted by Gasteiger charge is -2.31. The highest BCUT2D eigenvalue weighted by Gasteiger charge is 2.35. The second-order valence-corrected chi connectivity index (χ2v) is 16.4. The Hall–Kier alpha value is -1.86. The van der Waals surface area contributed by atoms with Crippen molar-refractivity contribution in [1.29, 1.82) is 0 Å². The first kappa shape index (κ1) is 30.7. The van der Waals surface area contributed by atoms with Gasteiger partial charge in [0.05, 0.1) is 0 Å². The molecule has 2 aromatic carbocycles. The Kier molecular flexibility index (Phi) is 14.9. The fourth-order valence-electron chi connectivity index (χ4n) is 6.41. The number of hydrogen-bond donors (Lipinski definition) is 0. The predicted octanol–water partition coefficient (Wildman–Crippen LogP) is 11.3. The molecule has 0 fully saturated rings. The van der Waals surface area contributed by atoms with Gasteiger partial charge < -0.3 is 0 Å². The standard InChI is InChI=1S/C37H56Si/c1-3-4-5-6-7-8-9-10-11-12-13-14-15-16-17-24-32-38(2,36-29-22-19-23-30-36)37-31-25-28-35(37)33-34-26-20-18-21-27-34/h18-23,25-30H,3-17,24,31-33H2,1-2H3. The molecular weight excluding hydrogens is 472 g/mol. The van der Waals surface area contributed by atoms with Crippen LogP contribution in [-0.4, -0.2) is 8.07 Å². The van der Waals surface area contributed by atoms with Crippen LogP contribution in [0.1, 0.15) is 122 Å². The first-order valence-corrected chi connectivity index (χ1v) is 18.9. The summed E-state index contributed by atoms with van der Waals surface area (Å²) in [6, 6.07) is 24.0. The fraction of sp³-hybridized carbons (Fsp3) is 0.568. The Balaban J connectivity index is 1.36. The lowest BCUT2D eigenvalue weighted by atomic mass is 10.0. The molecule has 0 aliphatic heterocycles. The van der Waals surface area contributed by atoms with Crippen molar-refractivity contribution in [2.75, 3.05) is 0 Å². The fourth-order valence-corrected chi connectivity index (χ4v) is 10.7. The van der Waals surface area contributed by atoms with Gasteiger partial charge in [-0.15, -0.1) is 0 Å². The molecule has 0 bridgehead atoms. The van der Waals surface area contributed by atoms with E-state index in [1.54, 1.807) is 16.0 Å². The summed E-state index contributed by atoms with van der Waals surface area (Å²) in [5, 5.41) is 3.42. The Bertz CT molecular complexity index is 926. The minimum atomic E-state index is -1.70. The molecule has 1 unspecified atom stereocenters. The summed E-state index contributed by atoms with van der Waals surface area (Å²) < 4.78 is 0. The zero-order chi connectivity index (χ0) is 26.7. The molecule has 1 heteroatoms. The van der Waals surface area contributed by atoms with Crippen LogP contribution >= 0.6 is 0 Å². The number of rotatable bonds is 21. The van der Waals surface area contributed by atoms with Crippen molar-refractivity contribution >= 4 is 13.3 Å². The van der Waals surface area contributed by atoms with E-state index in [2.05, 4.69) is 86.3 Å². The SMILES string of the molecule is CCCCCCCCCCCCCCCCCC[Si](C)(C1=C(Cc2ccccc2)C=CC1)c1ccccc1. The summed E-state index contributed by atoms with van der Waals surface area (Å²) in [7, 11) is -1.70. The van der Waals surface area contributed by atoms with Crippen LogP contribution in [0.3, 0.4) is 0 Å². The average molecular weight is 529 g/mol. The zero-order valence-corrected chi connectivity index (χ0v) is 25.9. The van der Waals surface area contributed by atoms with Crippen LogP contribution in [0.4, 0.5) is 0 Å². The van der Waals surface area contributed by atoms with Gasteiger partial charge in [-0.2, -0.15) is 0 Å². The lowest BCUT2D eigenvalue weighted by Crippen LogP contribution is -2.47. The second-order valence-electron chi connectivity index (χ2n) is 12.0. The third kappa shape index (κ3) is 10.7. The van der Waals surface area contributed by atoms with Crippen molar-refractivity contribution in [3.63, 3.8) is 0 Å². The Morgan fingerprint density at radius 1 is 0.579 bits per heavy atom. The van der Waals surface area contributed by atoms with Gasteiger partial charge in [-0.1, -0.05) is 199 Å². The van der Waals surface area contributed by atoms with Crippen LogP contribution < -0.4 is 5.19 Å². The molecule has 0 amide bonds. The summed E-state index contributed by atoms with van der Waals surface area (Å²) in [5.41, 5.74) is 3.05. The zero-order valence-electron chi connectivity index (χ0n) is 24.9. The van der Waals surface area contributed by atoms with Crippen LogP contribution in [-0.2, 0) is 6.42 Å². The van der Waals surface area contributed by atoms with Crippen molar-refractivity contribution < 1.29 is 0 Å². The van der Waals surface area contributed by atoms with Crippen LogP contribution in [0, 0.1) is 0 Å². The molecule has 0 N–H and O–H groups in total. The van der Waals surface area contributed by atoms with E-state index >= 15 is 0 Å². The maximum absolute atomic E-state index is 2.65. The quantitative estimate of drug-likeness (QED) is 0.112. The van der Waals surface area contributed by atoms with E-state index < -0.39 is 8.07 Å². The Labute approximate surface area is 237 Å². The minimum Gasteiger partial charge on any atom is -0.0806 e. The van der Waals surface area contributed by atoms with Gasteiger partial charge in [0.2, 0.25) is 0 Å². The highest BCUT2D eigenvalue weighted by Crippen LogP contribution is 2.34. The van der Waals surface area contributed by atoms with E-state index in [1.165, 1.54) is 121 Å². The smallest absolute Gasteiger partial charge is 0.0806 e. The lowest BCUT2D eigenvalue weighted by molar-refractivity contribution is 0.531. The van der Waals surface area contributed by atoms with E-state index in [-0.39, 0.29) is 0 Å². The molecule has 0 nitrogen and oxygen atoms in total. The summed E-state index contributed by atoms with van der Waals surface area (Å²) in [4.78, 5) is 0. The van der Waals surface area contributed by atoms with E-state index in [9.17, 15) is 0 Å². The summed E-state index contributed by atoms with van der Waals surface area (Å²) in [6.07, 6.45) is 30.2. The topological polar surface area (TPSA) is 0 Å². The molecule has 0 aromatic heterocycles. The molecule has 208 valence electrons. The number of allylic oxidation sites excluding steroid dienone is 4. The van der Waals surface area contributed by atoms with Crippen molar-refractivity contribution in [3.05, 3.63) is 89.1 Å². The molecule has 1 aliphatic carbocycles. The van der Waals surface area contributed by atoms with Gasteiger partial charge in [-0.3, -0.25) is 0 Å².